The van der Waals surface area contributed by atoms with Gasteiger partial charge in [0.25, 0.3) is 0 Å². The zero-order valence-electron chi connectivity index (χ0n) is 14.3. The van der Waals surface area contributed by atoms with Gasteiger partial charge in [-0.25, -0.2) is 0 Å². The van der Waals surface area contributed by atoms with Crippen LogP contribution in [0.3, 0.4) is 0 Å². The van der Waals surface area contributed by atoms with Crippen molar-refractivity contribution in [3.63, 3.8) is 0 Å². The molecule has 3 atom stereocenters. The van der Waals surface area contributed by atoms with Gasteiger partial charge in [0.1, 0.15) is 0 Å². The molecular weight excluding hydrogens is 264 g/mol. The summed E-state index contributed by atoms with van der Waals surface area (Å²) in [5.41, 5.74) is 4.91. The number of rotatable bonds is 9. The minimum absolute atomic E-state index is 0.242. The van der Waals surface area contributed by atoms with Crippen molar-refractivity contribution in [1.82, 2.24) is 5.32 Å². The Balaban J connectivity index is 2.35. The zero-order valence-corrected chi connectivity index (χ0v) is 14.3. The topological polar surface area (TPSA) is 64.3 Å². The van der Waals surface area contributed by atoms with E-state index in [1.165, 1.54) is 32.1 Å². The van der Waals surface area contributed by atoms with Crippen LogP contribution in [0, 0.1) is 5.92 Å². The maximum Gasteiger partial charge on any atom is 0.237 e. The smallest absolute Gasteiger partial charge is 0.237 e. The molecule has 0 heterocycles. The number of carbonyl (C=O) groups is 1. The number of primary amides is 1. The largest absolute Gasteiger partial charge is 0.378 e. The van der Waals surface area contributed by atoms with Gasteiger partial charge in [-0.15, -0.1) is 0 Å². The summed E-state index contributed by atoms with van der Waals surface area (Å²) in [5, 5.41) is 3.28. The Morgan fingerprint density at radius 2 is 2.05 bits per heavy atom. The van der Waals surface area contributed by atoms with E-state index in [4.69, 9.17) is 10.5 Å². The molecule has 3 N–H and O–H groups in total. The summed E-state index contributed by atoms with van der Waals surface area (Å²) >= 11 is 0. The highest BCUT2D eigenvalue weighted by atomic mass is 16.5. The molecule has 0 saturated heterocycles. The highest BCUT2D eigenvalue weighted by Crippen LogP contribution is 2.29. The number of hydrogen-bond acceptors (Lipinski definition) is 3. The van der Waals surface area contributed by atoms with Gasteiger partial charge in [0.2, 0.25) is 5.91 Å². The van der Waals surface area contributed by atoms with E-state index < -0.39 is 5.54 Å². The molecule has 1 saturated carbocycles. The molecule has 4 nitrogen and oxygen atoms in total. The second kappa shape index (κ2) is 8.74. The fourth-order valence-electron chi connectivity index (χ4n) is 3.42. The lowest BCUT2D eigenvalue weighted by molar-refractivity contribution is -0.124. The summed E-state index contributed by atoms with van der Waals surface area (Å²) in [4.78, 5) is 11.7. The molecule has 0 aromatic rings. The van der Waals surface area contributed by atoms with E-state index in [-0.39, 0.29) is 11.9 Å². The Hall–Kier alpha value is -0.610. The monoisotopic (exact) mass is 298 g/mol. The average molecular weight is 298 g/mol. The van der Waals surface area contributed by atoms with Crippen molar-refractivity contribution in [3.8, 4) is 0 Å². The average Bonchev–Trinajstić information content (AvgIpc) is 2.43. The van der Waals surface area contributed by atoms with E-state index in [1.54, 1.807) is 0 Å². The van der Waals surface area contributed by atoms with Crippen molar-refractivity contribution in [2.24, 2.45) is 11.7 Å². The van der Waals surface area contributed by atoms with E-state index >= 15 is 0 Å². The van der Waals surface area contributed by atoms with Gasteiger partial charge in [-0.1, -0.05) is 26.2 Å². The number of amides is 1. The standard InChI is InChI=1S/C17H34N2O2/c1-5-14-9-6-7-10-15(14)21-12-8-11-17(4,16(18)20)19-13(2)3/h13-15,19H,5-12H2,1-4H3,(H2,18,20). The van der Waals surface area contributed by atoms with Crippen LogP contribution in [-0.4, -0.2) is 30.2 Å². The molecule has 21 heavy (non-hydrogen) atoms. The first-order valence-corrected chi connectivity index (χ1v) is 8.58. The minimum Gasteiger partial charge on any atom is -0.378 e. The molecule has 0 aliphatic heterocycles. The maximum atomic E-state index is 11.7. The lowest BCUT2D eigenvalue weighted by Gasteiger charge is -2.32. The molecule has 1 amide bonds. The van der Waals surface area contributed by atoms with Crippen LogP contribution in [0.15, 0.2) is 0 Å². The number of hydrogen-bond donors (Lipinski definition) is 2. The van der Waals surface area contributed by atoms with Gasteiger partial charge in [-0.05, 0) is 52.4 Å². The Labute approximate surface area is 130 Å². The van der Waals surface area contributed by atoms with E-state index in [9.17, 15) is 4.79 Å². The number of ether oxygens (including phenoxy) is 1. The Morgan fingerprint density at radius 1 is 1.38 bits per heavy atom. The van der Waals surface area contributed by atoms with Gasteiger partial charge >= 0.3 is 0 Å². The van der Waals surface area contributed by atoms with Gasteiger partial charge in [-0.2, -0.15) is 0 Å². The predicted octanol–water partition coefficient (Wildman–Crippen LogP) is 2.99. The fraction of sp³-hybridized carbons (Fsp3) is 0.941. The number of carbonyl (C=O) groups excluding carboxylic acids is 1. The quantitative estimate of drug-likeness (QED) is 0.643. The van der Waals surface area contributed by atoms with Crippen LogP contribution >= 0.6 is 0 Å². The van der Waals surface area contributed by atoms with Crippen LogP contribution in [0.4, 0.5) is 0 Å². The molecule has 0 spiro atoms. The first-order valence-electron chi connectivity index (χ1n) is 8.58. The highest BCUT2D eigenvalue weighted by Gasteiger charge is 2.31. The summed E-state index contributed by atoms with van der Waals surface area (Å²) in [6, 6.07) is 0.242. The molecule has 1 rings (SSSR count). The van der Waals surface area contributed by atoms with Crippen molar-refractivity contribution in [2.75, 3.05) is 6.61 Å². The van der Waals surface area contributed by atoms with E-state index in [0.29, 0.717) is 6.10 Å². The molecule has 4 heteroatoms. The molecule has 0 aromatic heterocycles. The molecule has 0 aromatic carbocycles. The van der Waals surface area contributed by atoms with Crippen LogP contribution in [0.5, 0.6) is 0 Å². The second-order valence-electron chi connectivity index (χ2n) is 6.96. The molecule has 1 aliphatic carbocycles. The molecule has 0 radical (unpaired) electrons. The van der Waals surface area contributed by atoms with Crippen LogP contribution in [-0.2, 0) is 9.53 Å². The van der Waals surface area contributed by atoms with E-state index in [1.807, 2.05) is 20.8 Å². The minimum atomic E-state index is -0.631. The SMILES string of the molecule is CCC1CCCCC1OCCCC(C)(NC(C)C)C(N)=O. The van der Waals surface area contributed by atoms with Gasteiger partial charge in [0.05, 0.1) is 11.6 Å². The van der Waals surface area contributed by atoms with Crippen LogP contribution in [0.25, 0.3) is 0 Å². The van der Waals surface area contributed by atoms with Crippen LogP contribution in [0.2, 0.25) is 0 Å². The summed E-state index contributed by atoms with van der Waals surface area (Å²) in [5.74, 6) is 0.440. The molecule has 1 aliphatic rings. The Bertz CT molecular complexity index is 320. The first kappa shape index (κ1) is 18.4. The third-order valence-electron chi connectivity index (χ3n) is 4.67. The molecule has 1 fully saturated rings. The Kier molecular flexibility index (Phi) is 7.67. The van der Waals surface area contributed by atoms with Crippen LogP contribution in [0.1, 0.15) is 72.6 Å². The third kappa shape index (κ3) is 5.95. The van der Waals surface area contributed by atoms with E-state index in [2.05, 4.69) is 12.2 Å². The zero-order chi connectivity index (χ0) is 15.9. The summed E-state index contributed by atoms with van der Waals surface area (Å²) in [7, 11) is 0. The van der Waals surface area contributed by atoms with Crippen molar-refractivity contribution in [3.05, 3.63) is 0 Å². The van der Waals surface area contributed by atoms with Gasteiger partial charge in [-0.3, -0.25) is 4.79 Å². The lowest BCUT2D eigenvalue weighted by Crippen LogP contribution is -2.55. The third-order valence-corrected chi connectivity index (χ3v) is 4.67. The maximum absolute atomic E-state index is 11.7. The summed E-state index contributed by atoms with van der Waals surface area (Å²) in [6.45, 7) is 8.94. The predicted molar refractivity (Wildman–Crippen MR) is 87.1 cm³/mol. The number of nitrogens with two attached hydrogens (primary N) is 1. The van der Waals surface area contributed by atoms with Crippen molar-refractivity contribution < 1.29 is 9.53 Å². The number of nitrogens with one attached hydrogen (secondary N) is 1. The van der Waals surface area contributed by atoms with Gasteiger partial charge in [0, 0.05) is 12.6 Å². The first-order chi connectivity index (χ1) is 9.89. The molecule has 3 unspecified atom stereocenters. The highest BCUT2D eigenvalue weighted by molar-refractivity contribution is 5.84. The summed E-state index contributed by atoms with van der Waals surface area (Å²) < 4.78 is 6.09. The fourth-order valence-corrected chi connectivity index (χ4v) is 3.42. The van der Waals surface area contributed by atoms with Crippen molar-refractivity contribution in [1.29, 1.82) is 0 Å². The lowest BCUT2D eigenvalue weighted by atomic mass is 9.85. The summed E-state index contributed by atoms with van der Waals surface area (Å²) in [6.07, 6.45) is 8.34. The van der Waals surface area contributed by atoms with Crippen molar-refractivity contribution >= 4 is 5.91 Å². The van der Waals surface area contributed by atoms with E-state index in [0.717, 1.165) is 25.4 Å². The molecular formula is C17H34N2O2. The normalized spacial score (nSPS) is 25.8. The molecule has 124 valence electrons. The molecule has 0 bridgehead atoms. The Morgan fingerprint density at radius 3 is 2.62 bits per heavy atom. The van der Waals surface area contributed by atoms with Gasteiger partial charge in [0.15, 0.2) is 0 Å². The van der Waals surface area contributed by atoms with Crippen LogP contribution < -0.4 is 11.1 Å². The second-order valence-corrected chi connectivity index (χ2v) is 6.96. The van der Waals surface area contributed by atoms with Crippen molar-refractivity contribution in [2.45, 2.75) is 90.3 Å². The van der Waals surface area contributed by atoms with Gasteiger partial charge < -0.3 is 15.8 Å².